The van der Waals surface area contributed by atoms with Crippen molar-refractivity contribution in [3.8, 4) is 5.75 Å². The first-order valence-corrected chi connectivity index (χ1v) is 17.2. The maximum Gasteiger partial charge on any atom is 0.329 e. The zero-order chi connectivity index (χ0) is 34.8. The first kappa shape index (κ1) is 32.6. The Morgan fingerprint density at radius 2 is 1.76 bits per heavy atom. The van der Waals surface area contributed by atoms with E-state index in [9.17, 15) is 38.2 Å². The number of likely N-dealkylation sites (tertiary alicyclic amines) is 1. The Balaban J connectivity index is 0.991. The molecule has 0 spiro atoms. The molecule has 15 nitrogen and oxygen atoms in total. The third kappa shape index (κ3) is 5.88. The number of halogens is 1. The van der Waals surface area contributed by atoms with Crippen molar-refractivity contribution >= 4 is 67.8 Å². The fourth-order valence-corrected chi connectivity index (χ4v) is 8.22. The SMILES string of the molecule is Cn1c(=O)n(C2CCC(=O)NC2=O)c2ccc(C3CCN(CC(=O)Nc4ccc5c(F)c(N6CC(=O)NS6(O)O)c(O)cc5c4)CC3)cc21. The molecule has 3 aliphatic rings. The molecule has 1 unspecified atom stereocenters. The monoisotopic (exact) mass is 695 g/mol. The van der Waals surface area contributed by atoms with E-state index in [0.717, 1.165) is 18.4 Å². The average molecular weight is 696 g/mol. The lowest BCUT2D eigenvalue weighted by Crippen LogP contribution is -2.44. The van der Waals surface area contributed by atoms with Crippen LogP contribution in [-0.2, 0) is 26.2 Å². The highest BCUT2D eigenvalue weighted by Gasteiger charge is 2.38. The van der Waals surface area contributed by atoms with Crippen molar-refractivity contribution in [1.82, 2.24) is 24.1 Å². The minimum absolute atomic E-state index is 0.0493. The number of phenolic OH excluding ortho intramolecular Hbond substituents is 1. The van der Waals surface area contributed by atoms with Crippen molar-refractivity contribution in [2.45, 2.75) is 37.6 Å². The van der Waals surface area contributed by atoms with E-state index in [2.05, 4.69) is 10.6 Å². The van der Waals surface area contributed by atoms with Crippen molar-refractivity contribution in [3.63, 3.8) is 0 Å². The number of imide groups is 1. The number of anilines is 2. The molecule has 49 heavy (non-hydrogen) atoms. The Kier molecular flexibility index (Phi) is 8.09. The van der Waals surface area contributed by atoms with Crippen LogP contribution in [0.1, 0.15) is 43.2 Å². The van der Waals surface area contributed by atoms with Crippen LogP contribution in [-0.4, -0.2) is 78.1 Å². The zero-order valence-corrected chi connectivity index (χ0v) is 27.1. The molecule has 0 radical (unpaired) electrons. The van der Waals surface area contributed by atoms with E-state index in [1.807, 2.05) is 27.8 Å². The number of aryl methyl sites for hydroxylation is 1. The fourth-order valence-electron chi connectivity index (χ4n) is 7.01. The van der Waals surface area contributed by atoms with E-state index >= 15 is 4.39 Å². The van der Waals surface area contributed by atoms with Crippen LogP contribution in [0.3, 0.4) is 0 Å². The van der Waals surface area contributed by atoms with Crippen LogP contribution in [0, 0.1) is 5.82 Å². The number of benzene rings is 3. The number of phenols is 1. The Morgan fingerprint density at radius 3 is 2.45 bits per heavy atom. The zero-order valence-electron chi connectivity index (χ0n) is 26.3. The van der Waals surface area contributed by atoms with Gasteiger partial charge in [-0.2, -0.15) is 0 Å². The average Bonchev–Trinajstić information content (AvgIpc) is 3.46. The van der Waals surface area contributed by atoms with E-state index in [0.29, 0.717) is 34.1 Å². The summed E-state index contributed by atoms with van der Waals surface area (Å²) >= 11 is 0. The van der Waals surface area contributed by atoms with Crippen LogP contribution in [0.2, 0.25) is 0 Å². The number of carbonyl (C=O) groups excluding carboxylic acids is 4. The molecule has 0 aliphatic carbocycles. The molecule has 3 fully saturated rings. The van der Waals surface area contributed by atoms with Crippen molar-refractivity contribution in [1.29, 1.82) is 0 Å². The number of nitrogens with one attached hydrogen (secondary N) is 3. The fraction of sp³-hybridized carbons (Fsp3) is 0.344. The highest BCUT2D eigenvalue weighted by atomic mass is 32.3. The quantitative estimate of drug-likeness (QED) is 0.163. The normalized spacial score (nSPS) is 20.9. The molecule has 0 saturated carbocycles. The molecule has 7 rings (SSSR count). The van der Waals surface area contributed by atoms with E-state index in [1.165, 1.54) is 33.4 Å². The number of rotatable bonds is 6. The highest BCUT2D eigenvalue weighted by molar-refractivity contribution is 8.24. The molecule has 3 aliphatic heterocycles. The van der Waals surface area contributed by atoms with Crippen LogP contribution in [0.15, 0.2) is 47.3 Å². The van der Waals surface area contributed by atoms with Gasteiger partial charge in [-0.3, -0.25) is 47.6 Å². The Morgan fingerprint density at radius 1 is 1.00 bits per heavy atom. The Bertz CT molecular complexity index is 2120. The number of hydrogen-bond acceptors (Lipinski definition) is 10. The first-order valence-electron chi connectivity index (χ1n) is 15.7. The molecule has 17 heteroatoms. The summed E-state index contributed by atoms with van der Waals surface area (Å²) in [6.07, 6.45) is 1.99. The third-order valence-electron chi connectivity index (χ3n) is 9.47. The second-order valence-electron chi connectivity index (χ2n) is 12.6. The molecule has 4 heterocycles. The van der Waals surface area contributed by atoms with Crippen molar-refractivity contribution in [2.24, 2.45) is 7.05 Å². The number of nitrogens with zero attached hydrogens (tertiary/aromatic N) is 4. The molecule has 4 amide bonds. The summed E-state index contributed by atoms with van der Waals surface area (Å²) in [5.74, 6) is -3.17. The maximum absolute atomic E-state index is 15.4. The molecule has 3 aromatic carbocycles. The number of imidazole rings is 1. The van der Waals surface area contributed by atoms with Gasteiger partial charge in [0, 0.05) is 24.5 Å². The summed E-state index contributed by atoms with van der Waals surface area (Å²) in [4.78, 5) is 64.0. The molecule has 1 atom stereocenters. The van der Waals surface area contributed by atoms with Gasteiger partial charge in [-0.15, -0.1) is 0 Å². The van der Waals surface area contributed by atoms with Crippen molar-refractivity contribution in [2.75, 3.05) is 35.8 Å². The van der Waals surface area contributed by atoms with Crippen LogP contribution >= 0.6 is 11.0 Å². The van der Waals surface area contributed by atoms with Crippen LogP contribution in [0.25, 0.3) is 21.8 Å². The Hall–Kier alpha value is -4.97. The number of carbonyl (C=O) groups is 4. The van der Waals surface area contributed by atoms with Gasteiger partial charge < -0.3 is 10.4 Å². The first-order chi connectivity index (χ1) is 23.3. The van der Waals surface area contributed by atoms with Gasteiger partial charge in [0.1, 0.15) is 24.0 Å². The van der Waals surface area contributed by atoms with Crippen molar-refractivity contribution in [3.05, 3.63) is 64.3 Å². The molecule has 3 saturated heterocycles. The number of aromatic hydroxyl groups is 1. The third-order valence-corrected chi connectivity index (χ3v) is 10.9. The van der Waals surface area contributed by atoms with Gasteiger partial charge in [-0.05, 0) is 96.6 Å². The largest absolute Gasteiger partial charge is 0.506 e. The maximum atomic E-state index is 15.4. The number of amides is 4. The Labute approximate surface area is 279 Å². The van der Waals surface area contributed by atoms with E-state index in [1.54, 1.807) is 7.05 Å². The number of hydrogen-bond donors (Lipinski definition) is 6. The van der Waals surface area contributed by atoms with Gasteiger partial charge in [0.15, 0.2) is 5.82 Å². The second kappa shape index (κ2) is 12.2. The van der Waals surface area contributed by atoms with E-state index in [4.69, 9.17) is 0 Å². The molecule has 0 bridgehead atoms. The van der Waals surface area contributed by atoms with Gasteiger partial charge in [0.05, 0.1) is 17.6 Å². The van der Waals surface area contributed by atoms with Gasteiger partial charge in [-0.25, -0.2) is 18.2 Å². The van der Waals surface area contributed by atoms with Gasteiger partial charge in [0.2, 0.25) is 17.7 Å². The number of fused-ring (bicyclic) bond motifs is 2. The van der Waals surface area contributed by atoms with E-state index in [-0.39, 0.29) is 53.6 Å². The summed E-state index contributed by atoms with van der Waals surface area (Å²) in [5.41, 5.74) is 1.93. The number of piperidine rings is 2. The summed E-state index contributed by atoms with van der Waals surface area (Å²) in [7, 11) is -2.18. The molecular weight excluding hydrogens is 661 g/mol. The van der Waals surface area contributed by atoms with Crippen LogP contribution in [0.5, 0.6) is 5.75 Å². The predicted octanol–water partition coefficient (Wildman–Crippen LogP) is 2.65. The molecule has 258 valence electrons. The van der Waals surface area contributed by atoms with Crippen LogP contribution in [0.4, 0.5) is 15.8 Å². The number of aromatic nitrogens is 2. The summed E-state index contributed by atoms with van der Waals surface area (Å²) in [6.45, 7) is 0.887. The lowest BCUT2D eigenvalue weighted by atomic mass is 9.89. The van der Waals surface area contributed by atoms with E-state index < -0.39 is 52.6 Å². The second-order valence-corrected chi connectivity index (χ2v) is 14.3. The van der Waals surface area contributed by atoms with Crippen molar-refractivity contribution < 1.29 is 37.8 Å². The van der Waals surface area contributed by atoms with Gasteiger partial charge in [-0.1, -0.05) is 6.07 Å². The smallest absolute Gasteiger partial charge is 0.329 e. The summed E-state index contributed by atoms with van der Waals surface area (Å²) < 4.78 is 41.3. The topological polar surface area (TPSA) is 198 Å². The lowest BCUT2D eigenvalue weighted by Gasteiger charge is -2.36. The van der Waals surface area contributed by atoms with Gasteiger partial charge >= 0.3 is 5.69 Å². The standard InChI is InChI=1S/C32H34FN7O8S/c1-37-24-13-18(2-5-22(24)40(32(37)46)23-6-7-26(42)35-31(23)45)17-8-10-38(11-9-17)15-27(43)34-20-3-4-21-19(12-20)14-25(41)30(29(21)33)39-16-28(44)36-49(39,47)48/h2-5,12-14,17,23,41,47-48H,6-11,15-16H2,1H3,(H,34,43)(H,36,44)(H,35,42,45). The molecule has 4 aromatic rings. The minimum Gasteiger partial charge on any atom is -0.506 e. The van der Waals surface area contributed by atoms with Gasteiger partial charge in [0.25, 0.3) is 5.91 Å². The molecule has 1 aromatic heterocycles. The highest BCUT2D eigenvalue weighted by Crippen LogP contribution is 2.50. The van der Waals surface area contributed by atoms with Crippen LogP contribution < -0.4 is 25.4 Å². The predicted molar refractivity (Wildman–Crippen MR) is 180 cm³/mol. The molecule has 6 N–H and O–H groups in total. The molecular formula is C32H34FN7O8S. The summed E-state index contributed by atoms with van der Waals surface area (Å²) in [6, 6.07) is 10.7. The lowest BCUT2D eigenvalue weighted by molar-refractivity contribution is -0.135. The summed E-state index contributed by atoms with van der Waals surface area (Å²) in [5, 5.41) is 16.0. The minimum atomic E-state index is -3.84.